The van der Waals surface area contributed by atoms with Gasteiger partial charge in [-0.3, -0.25) is 0 Å². The van der Waals surface area contributed by atoms with E-state index in [9.17, 15) is 17.6 Å². The number of terminal acetylenes is 1. The molecule has 0 aliphatic heterocycles. The SMILES string of the molecule is C#CC(CC)(CCCc1ccc(F)c(Nc2ccccc2)c1)c1ccc(C(F)(F)F)cc1. The molecule has 166 valence electrons. The smallest absolute Gasteiger partial charge is 0.353 e. The number of hydrogen-bond acceptors (Lipinski definition) is 1. The highest BCUT2D eigenvalue weighted by Gasteiger charge is 2.32. The van der Waals surface area contributed by atoms with Gasteiger partial charge < -0.3 is 5.32 Å². The van der Waals surface area contributed by atoms with Crippen molar-refractivity contribution in [3.63, 3.8) is 0 Å². The molecule has 0 saturated heterocycles. The van der Waals surface area contributed by atoms with Crippen molar-refractivity contribution < 1.29 is 17.6 Å². The fraction of sp³-hybridized carbons (Fsp3) is 0.259. The Morgan fingerprint density at radius 3 is 2.16 bits per heavy atom. The highest BCUT2D eigenvalue weighted by atomic mass is 19.4. The molecular formula is C27H25F4N. The van der Waals surface area contributed by atoms with Crippen LogP contribution in [-0.2, 0) is 18.0 Å². The molecule has 0 aromatic heterocycles. The van der Waals surface area contributed by atoms with Crippen molar-refractivity contribution in [3.8, 4) is 12.3 Å². The fourth-order valence-electron chi connectivity index (χ4n) is 3.86. The topological polar surface area (TPSA) is 12.0 Å². The first kappa shape index (κ1) is 23.4. The zero-order valence-corrected chi connectivity index (χ0v) is 17.8. The third kappa shape index (κ3) is 5.50. The lowest BCUT2D eigenvalue weighted by molar-refractivity contribution is -0.137. The lowest BCUT2D eigenvalue weighted by Crippen LogP contribution is -2.23. The molecule has 0 radical (unpaired) electrons. The zero-order valence-electron chi connectivity index (χ0n) is 17.8. The van der Waals surface area contributed by atoms with E-state index in [0.29, 0.717) is 30.5 Å². The lowest BCUT2D eigenvalue weighted by Gasteiger charge is -2.28. The van der Waals surface area contributed by atoms with Gasteiger partial charge in [0.2, 0.25) is 0 Å². The van der Waals surface area contributed by atoms with Gasteiger partial charge in [0.1, 0.15) is 5.82 Å². The van der Waals surface area contributed by atoms with Gasteiger partial charge in [-0.25, -0.2) is 4.39 Å². The minimum atomic E-state index is -4.38. The van der Waals surface area contributed by atoms with E-state index in [4.69, 9.17) is 6.42 Å². The number of alkyl halides is 3. The summed E-state index contributed by atoms with van der Waals surface area (Å²) in [7, 11) is 0. The molecule has 0 bridgehead atoms. The second kappa shape index (κ2) is 9.91. The fourth-order valence-corrected chi connectivity index (χ4v) is 3.86. The van der Waals surface area contributed by atoms with Crippen LogP contribution in [0.3, 0.4) is 0 Å². The monoisotopic (exact) mass is 439 g/mol. The number of benzene rings is 3. The summed E-state index contributed by atoms with van der Waals surface area (Å²) in [6, 6.07) is 19.4. The number of rotatable bonds is 8. The molecule has 0 aliphatic carbocycles. The maximum atomic E-state index is 14.2. The van der Waals surface area contributed by atoms with Gasteiger partial charge in [0.25, 0.3) is 0 Å². The van der Waals surface area contributed by atoms with Crippen LogP contribution in [0, 0.1) is 18.2 Å². The van der Waals surface area contributed by atoms with E-state index in [1.165, 1.54) is 18.2 Å². The van der Waals surface area contributed by atoms with Crippen LogP contribution in [0.25, 0.3) is 0 Å². The molecule has 0 heterocycles. The zero-order chi connectivity index (χ0) is 23.2. The van der Waals surface area contributed by atoms with Crippen LogP contribution in [0.15, 0.2) is 72.8 Å². The Hall–Kier alpha value is -3.26. The summed E-state index contributed by atoms with van der Waals surface area (Å²) in [5, 5.41) is 3.09. The standard InChI is InChI=1S/C27H25F4N/c1-3-26(4-2,21-13-15-22(16-14-21)27(29,30)31)18-8-9-20-12-17-24(28)25(19-20)32-23-10-6-5-7-11-23/h1,5-7,10-17,19,32H,4,8-9,18H2,2H3. The third-order valence-electron chi connectivity index (χ3n) is 5.80. The maximum absolute atomic E-state index is 14.2. The van der Waals surface area contributed by atoms with Crippen LogP contribution in [0.1, 0.15) is 42.9 Å². The van der Waals surface area contributed by atoms with E-state index in [1.807, 2.05) is 37.3 Å². The van der Waals surface area contributed by atoms with E-state index < -0.39 is 17.2 Å². The normalized spacial score (nSPS) is 13.2. The molecule has 0 aliphatic rings. The summed E-state index contributed by atoms with van der Waals surface area (Å²) in [4.78, 5) is 0. The molecule has 3 aromatic rings. The Bertz CT molecular complexity index is 1070. The summed E-state index contributed by atoms with van der Waals surface area (Å²) in [5.41, 5.74) is 1.53. The maximum Gasteiger partial charge on any atom is 0.416 e. The highest BCUT2D eigenvalue weighted by molar-refractivity contribution is 5.60. The molecule has 0 saturated carbocycles. The Morgan fingerprint density at radius 1 is 0.906 bits per heavy atom. The van der Waals surface area contributed by atoms with E-state index in [2.05, 4.69) is 11.2 Å². The molecule has 0 spiro atoms. The van der Waals surface area contributed by atoms with Gasteiger partial charge in [-0.15, -0.1) is 6.42 Å². The first-order valence-electron chi connectivity index (χ1n) is 10.5. The van der Waals surface area contributed by atoms with Crippen molar-refractivity contribution in [3.05, 3.63) is 95.3 Å². The molecule has 3 rings (SSSR count). The predicted molar refractivity (Wildman–Crippen MR) is 121 cm³/mol. The second-order valence-electron chi connectivity index (χ2n) is 7.81. The van der Waals surface area contributed by atoms with E-state index in [-0.39, 0.29) is 5.82 Å². The number of anilines is 2. The van der Waals surface area contributed by atoms with Gasteiger partial charge in [-0.2, -0.15) is 13.2 Å². The molecule has 3 aromatic carbocycles. The molecule has 5 heteroatoms. The summed E-state index contributed by atoms with van der Waals surface area (Å²) < 4.78 is 52.9. The van der Waals surface area contributed by atoms with Gasteiger partial charge in [0.05, 0.1) is 16.7 Å². The van der Waals surface area contributed by atoms with E-state index in [0.717, 1.165) is 29.8 Å². The van der Waals surface area contributed by atoms with Crippen LogP contribution >= 0.6 is 0 Å². The molecule has 0 amide bonds. The third-order valence-corrected chi connectivity index (χ3v) is 5.80. The second-order valence-corrected chi connectivity index (χ2v) is 7.81. The molecule has 1 N–H and O–H groups in total. The van der Waals surface area contributed by atoms with Crippen molar-refractivity contribution in [1.29, 1.82) is 0 Å². The van der Waals surface area contributed by atoms with Crippen molar-refractivity contribution in [2.75, 3.05) is 5.32 Å². The van der Waals surface area contributed by atoms with Crippen molar-refractivity contribution in [2.45, 2.75) is 44.2 Å². The first-order chi connectivity index (χ1) is 15.3. The summed E-state index contributed by atoms with van der Waals surface area (Å²) in [6.07, 6.45) is 4.09. The Morgan fingerprint density at radius 2 is 1.56 bits per heavy atom. The van der Waals surface area contributed by atoms with E-state index in [1.54, 1.807) is 12.1 Å². The van der Waals surface area contributed by atoms with Gasteiger partial charge in [-0.05, 0) is 73.2 Å². The van der Waals surface area contributed by atoms with Gasteiger partial charge >= 0.3 is 6.18 Å². The molecular weight excluding hydrogens is 414 g/mol. The van der Waals surface area contributed by atoms with Gasteiger partial charge in [-0.1, -0.05) is 49.2 Å². The number of para-hydroxylation sites is 1. The minimum absolute atomic E-state index is 0.339. The molecule has 0 fully saturated rings. The lowest BCUT2D eigenvalue weighted by atomic mass is 9.74. The number of aryl methyl sites for hydroxylation is 1. The summed E-state index contributed by atoms with van der Waals surface area (Å²) in [6.45, 7) is 1.94. The average molecular weight is 439 g/mol. The first-order valence-corrected chi connectivity index (χ1v) is 10.5. The van der Waals surface area contributed by atoms with Crippen LogP contribution in [0.5, 0.6) is 0 Å². The van der Waals surface area contributed by atoms with Crippen molar-refractivity contribution in [2.24, 2.45) is 0 Å². The van der Waals surface area contributed by atoms with Crippen molar-refractivity contribution in [1.82, 2.24) is 0 Å². The molecule has 1 atom stereocenters. The minimum Gasteiger partial charge on any atom is -0.353 e. The highest BCUT2D eigenvalue weighted by Crippen LogP contribution is 2.36. The van der Waals surface area contributed by atoms with E-state index >= 15 is 0 Å². The van der Waals surface area contributed by atoms with Crippen LogP contribution < -0.4 is 5.32 Å². The number of nitrogens with one attached hydrogen (secondary N) is 1. The van der Waals surface area contributed by atoms with Crippen LogP contribution in [0.4, 0.5) is 28.9 Å². The molecule has 1 unspecified atom stereocenters. The van der Waals surface area contributed by atoms with Crippen LogP contribution in [-0.4, -0.2) is 0 Å². The van der Waals surface area contributed by atoms with Gasteiger partial charge in [0, 0.05) is 5.69 Å². The summed E-state index contributed by atoms with van der Waals surface area (Å²) >= 11 is 0. The van der Waals surface area contributed by atoms with Crippen LogP contribution in [0.2, 0.25) is 0 Å². The van der Waals surface area contributed by atoms with Crippen molar-refractivity contribution >= 4 is 11.4 Å². The Kier molecular flexibility index (Phi) is 7.25. The number of halogens is 4. The average Bonchev–Trinajstić information content (AvgIpc) is 2.79. The predicted octanol–water partition coefficient (Wildman–Crippen LogP) is 7.89. The summed E-state index contributed by atoms with van der Waals surface area (Å²) in [5.74, 6) is 2.49. The molecule has 32 heavy (non-hydrogen) atoms. The molecule has 1 nitrogen and oxygen atoms in total. The van der Waals surface area contributed by atoms with Gasteiger partial charge in [0.15, 0.2) is 0 Å². The Labute approximate surface area is 186 Å². The Balaban J connectivity index is 1.71. The number of hydrogen-bond donors (Lipinski definition) is 1. The quantitative estimate of drug-likeness (QED) is 0.278. The largest absolute Gasteiger partial charge is 0.416 e.